The topological polar surface area (TPSA) is 12.5 Å². The quantitative estimate of drug-likeness (QED) is 0.604. The lowest BCUT2D eigenvalue weighted by atomic mass is 10.0. The van der Waals surface area contributed by atoms with Crippen LogP contribution in [0, 0.1) is 0 Å². The molecule has 0 aromatic heterocycles. The van der Waals surface area contributed by atoms with Crippen molar-refractivity contribution in [2.75, 3.05) is 0 Å². The first kappa shape index (κ1) is 13.5. The van der Waals surface area contributed by atoms with Crippen molar-refractivity contribution in [2.24, 2.45) is 0 Å². The van der Waals surface area contributed by atoms with Crippen molar-refractivity contribution >= 4 is 46.4 Å². The highest BCUT2D eigenvalue weighted by Crippen LogP contribution is 2.57. The van der Waals surface area contributed by atoms with Crippen LogP contribution in [-0.2, 0) is 4.74 Å². The largest absolute Gasteiger partial charge is 0.359 e. The zero-order valence-electron chi connectivity index (χ0n) is 9.54. The van der Waals surface area contributed by atoms with E-state index in [1.54, 1.807) is 36.4 Å². The molecule has 98 valence electrons. The van der Waals surface area contributed by atoms with Gasteiger partial charge in [0.05, 0.1) is 0 Å². The van der Waals surface area contributed by atoms with Gasteiger partial charge in [-0.3, -0.25) is 0 Å². The number of epoxide rings is 1. The smallest absolute Gasteiger partial charge is 0.117 e. The van der Waals surface area contributed by atoms with Gasteiger partial charge >= 0.3 is 0 Å². The van der Waals surface area contributed by atoms with E-state index in [0.29, 0.717) is 20.1 Å². The minimum atomic E-state index is -0.196. The van der Waals surface area contributed by atoms with Crippen molar-refractivity contribution in [1.82, 2.24) is 0 Å². The first-order valence-corrected chi connectivity index (χ1v) is 7.14. The average molecular weight is 334 g/mol. The van der Waals surface area contributed by atoms with E-state index in [9.17, 15) is 0 Å². The van der Waals surface area contributed by atoms with Crippen molar-refractivity contribution in [3.8, 4) is 0 Å². The molecular formula is C14H8Cl4O. The molecule has 0 amide bonds. The second kappa shape index (κ2) is 5.16. The Morgan fingerprint density at radius 2 is 0.947 bits per heavy atom. The summed E-state index contributed by atoms with van der Waals surface area (Å²) in [6.07, 6.45) is -0.391. The van der Waals surface area contributed by atoms with E-state index in [1.807, 2.05) is 0 Å². The number of halogens is 4. The molecule has 0 radical (unpaired) electrons. The van der Waals surface area contributed by atoms with Crippen molar-refractivity contribution < 1.29 is 4.74 Å². The van der Waals surface area contributed by atoms with E-state index in [0.717, 1.165) is 11.1 Å². The molecule has 0 unspecified atom stereocenters. The molecule has 19 heavy (non-hydrogen) atoms. The summed E-state index contributed by atoms with van der Waals surface area (Å²) in [5.41, 5.74) is 1.57. The first-order valence-electron chi connectivity index (χ1n) is 5.63. The molecule has 1 saturated heterocycles. The maximum absolute atomic E-state index is 6.17. The number of rotatable bonds is 2. The van der Waals surface area contributed by atoms with Crippen LogP contribution in [0.5, 0.6) is 0 Å². The highest BCUT2D eigenvalue weighted by atomic mass is 35.5. The van der Waals surface area contributed by atoms with Gasteiger partial charge in [-0.2, -0.15) is 0 Å². The maximum Gasteiger partial charge on any atom is 0.117 e. The number of hydrogen-bond acceptors (Lipinski definition) is 1. The van der Waals surface area contributed by atoms with Crippen LogP contribution in [0.2, 0.25) is 20.1 Å². The molecule has 1 fully saturated rings. The van der Waals surface area contributed by atoms with Crippen LogP contribution < -0.4 is 0 Å². The summed E-state index contributed by atoms with van der Waals surface area (Å²) in [6.45, 7) is 0. The molecule has 0 aliphatic carbocycles. The van der Waals surface area contributed by atoms with Crippen molar-refractivity contribution in [2.45, 2.75) is 12.2 Å². The van der Waals surface area contributed by atoms with Crippen molar-refractivity contribution in [3.05, 3.63) is 67.6 Å². The molecule has 1 aliphatic heterocycles. The van der Waals surface area contributed by atoms with E-state index >= 15 is 0 Å². The molecule has 2 atom stereocenters. The lowest BCUT2D eigenvalue weighted by Crippen LogP contribution is -1.89. The van der Waals surface area contributed by atoms with Crippen LogP contribution in [-0.4, -0.2) is 0 Å². The lowest BCUT2D eigenvalue weighted by Gasteiger charge is -2.05. The molecule has 2 aromatic rings. The van der Waals surface area contributed by atoms with E-state index < -0.39 is 0 Å². The second-order valence-corrected chi connectivity index (χ2v) is 5.88. The summed E-state index contributed by atoms with van der Waals surface area (Å²) in [6, 6.07) is 10.7. The molecule has 3 rings (SSSR count). The highest BCUT2D eigenvalue weighted by Gasteiger charge is 2.45. The van der Waals surface area contributed by atoms with Gasteiger partial charge < -0.3 is 4.74 Å². The highest BCUT2D eigenvalue weighted by molar-refractivity contribution is 6.37. The normalized spacial score (nSPS) is 21.5. The Kier molecular flexibility index (Phi) is 3.67. The van der Waals surface area contributed by atoms with Gasteiger partial charge in [-0.1, -0.05) is 58.5 Å². The fourth-order valence-electron chi connectivity index (χ4n) is 2.12. The summed E-state index contributed by atoms with van der Waals surface area (Å²) in [4.78, 5) is 0. The van der Waals surface area contributed by atoms with Crippen LogP contribution in [0.25, 0.3) is 0 Å². The molecule has 5 heteroatoms. The lowest BCUT2D eigenvalue weighted by molar-refractivity contribution is 0.378. The summed E-state index contributed by atoms with van der Waals surface area (Å²) in [5, 5.41) is 2.35. The predicted octanol–water partition coefficient (Wildman–Crippen LogP) is 6.11. The average Bonchev–Trinajstić information content (AvgIpc) is 3.08. The van der Waals surface area contributed by atoms with Gasteiger partial charge in [-0.05, 0) is 24.3 Å². The maximum atomic E-state index is 6.17. The van der Waals surface area contributed by atoms with Crippen molar-refractivity contribution in [3.63, 3.8) is 0 Å². The van der Waals surface area contributed by atoms with Crippen LogP contribution in [0.3, 0.4) is 0 Å². The standard InChI is InChI=1S/C14H8Cl4O/c15-7-3-1-4-8(16)11(7)13-14(19-13)12-9(17)5-2-6-10(12)18/h1-6,13-14H/t13-,14-/m1/s1. The van der Waals surface area contributed by atoms with E-state index in [4.69, 9.17) is 51.1 Å². The van der Waals surface area contributed by atoms with E-state index in [1.165, 1.54) is 0 Å². The van der Waals surface area contributed by atoms with Gasteiger partial charge in [0.15, 0.2) is 0 Å². The monoisotopic (exact) mass is 332 g/mol. The third-order valence-corrected chi connectivity index (χ3v) is 4.38. The number of ether oxygens (including phenoxy) is 1. The Labute approximate surface area is 131 Å². The molecule has 0 saturated carbocycles. The first-order chi connectivity index (χ1) is 9.09. The van der Waals surface area contributed by atoms with Gasteiger partial charge in [-0.25, -0.2) is 0 Å². The predicted molar refractivity (Wildman–Crippen MR) is 79.5 cm³/mol. The van der Waals surface area contributed by atoms with E-state index in [2.05, 4.69) is 0 Å². The Morgan fingerprint density at radius 3 is 1.26 bits per heavy atom. The number of benzene rings is 2. The Hall–Kier alpha value is -0.440. The third kappa shape index (κ3) is 2.46. The molecule has 1 aliphatic rings. The molecule has 0 spiro atoms. The van der Waals surface area contributed by atoms with Gasteiger partial charge in [0.25, 0.3) is 0 Å². The molecule has 0 N–H and O–H groups in total. The fourth-order valence-corrected chi connectivity index (χ4v) is 3.34. The second-order valence-electron chi connectivity index (χ2n) is 4.25. The summed E-state index contributed by atoms with van der Waals surface area (Å²) >= 11 is 24.7. The van der Waals surface area contributed by atoms with Crippen LogP contribution >= 0.6 is 46.4 Å². The minimum Gasteiger partial charge on any atom is -0.359 e. The molecule has 1 nitrogen and oxygen atoms in total. The van der Waals surface area contributed by atoms with Crippen LogP contribution in [0.15, 0.2) is 36.4 Å². The molecular weight excluding hydrogens is 326 g/mol. The number of hydrogen-bond donors (Lipinski definition) is 0. The van der Waals surface area contributed by atoms with Gasteiger partial charge in [0, 0.05) is 31.2 Å². The van der Waals surface area contributed by atoms with Crippen molar-refractivity contribution in [1.29, 1.82) is 0 Å². The minimum absolute atomic E-state index is 0.196. The van der Waals surface area contributed by atoms with Gasteiger partial charge in [0.1, 0.15) is 12.2 Å². The van der Waals surface area contributed by atoms with Gasteiger partial charge in [0.2, 0.25) is 0 Å². The van der Waals surface area contributed by atoms with Gasteiger partial charge in [-0.15, -0.1) is 0 Å². The molecule has 2 aromatic carbocycles. The van der Waals surface area contributed by atoms with Crippen LogP contribution in [0.1, 0.15) is 23.3 Å². The summed E-state index contributed by atoms with van der Waals surface area (Å²) < 4.78 is 5.67. The Balaban J connectivity index is 1.97. The summed E-state index contributed by atoms with van der Waals surface area (Å²) in [5.74, 6) is 0. The molecule has 1 heterocycles. The zero-order valence-corrected chi connectivity index (χ0v) is 12.6. The zero-order chi connectivity index (χ0) is 13.6. The van der Waals surface area contributed by atoms with E-state index in [-0.39, 0.29) is 12.2 Å². The molecule has 0 bridgehead atoms. The Morgan fingerprint density at radius 1 is 0.632 bits per heavy atom. The SMILES string of the molecule is Clc1cccc(Cl)c1[C@H]1O[C@@H]1c1c(Cl)cccc1Cl. The Bertz CT molecular complexity index is 545. The fraction of sp³-hybridized carbons (Fsp3) is 0.143. The van der Waals surface area contributed by atoms with Crippen LogP contribution in [0.4, 0.5) is 0 Å². The third-order valence-electron chi connectivity index (χ3n) is 3.06. The summed E-state index contributed by atoms with van der Waals surface area (Å²) in [7, 11) is 0.